The zero-order chi connectivity index (χ0) is 13.9. The molecule has 2 N–H and O–H groups in total. The number of hydrogen-bond acceptors (Lipinski definition) is 2. The molecule has 1 rings (SSSR count). The first kappa shape index (κ1) is 14.4. The Morgan fingerprint density at radius 1 is 1.28 bits per heavy atom. The van der Waals surface area contributed by atoms with Gasteiger partial charge in [-0.3, -0.25) is 4.79 Å². The fraction of sp³-hybridized carbons (Fsp3) is 0.167. The molecule has 0 saturated heterocycles. The van der Waals surface area contributed by atoms with Crippen molar-refractivity contribution >= 4 is 33.5 Å². The van der Waals surface area contributed by atoms with E-state index in [1.165, 1.54) is 26.0 Å². The minimum Gasteiger partial charge on any atom is -0.478 e. The van der Waals surface area contributed by atoms with Gasteiger partial charge < -0.3 is 10.4 Å². The van der Waals surface area contributed by atoms with Crippen LogP contribution in [0.3, 0.4) is 0 Å². The van der Waals surface area contributed by atoms with Crippen LogP contribution in [0.2, 0.25) is 0 Å². The Balaban J connectivity index is 3.03. The summed E-state index contributed by atoms with van der Waals surface area (Å²) in [5, 5.41) is 11.1. The lowest BCUT2D eigenvalue weighted by atomic mass is 10.1. The molecule has 6 heteroatoms. The molecule has 0 heterocycles. The SMILES string of the molecule is C/C(C(=O)O)=C(/C)C(=O)Nc1c(F)cccc1Br. The van der Waals surface area contributed by atoms with Gasteiger partial charge in [0, 0.05) is 15.6 Å². The number of carbonyl (C=O) groups excluding carboxylic acids is 1. The van der Waals surface area contributed by atoms with Crippen molar-refractivity contribution in [1.29, 1.82) is 0 Å². The van der Waals surface area contributed by atoms with Gasteiger partial charge in [-0.05, 0) is 41.9 Å². The molecular weight excluding hydrogens is 305 g/mol. The topological polar surface area (TPSA) is 66.4 Å². The highest BCUT2D eigenvalue weighted by Gasteiger charge is 2.15. The van der Waals surface area contributed by atoms with Crippen molar-refractivity contribution in [1.82, 2.24) is 0 Å². The number of amides is 1. The number of carbonyl (C=O) groups is 2. The molecule has 1 aromatic rings. The van der Waals surface area contributed by atoms with Gasteiger partial charge in [-0.2, -0.15) is 0 Å². The van der Waals surface area contributed by atoms with E-state index < -0.39 is 17.7 Å². The monoisotopic (exact) mass is 315 g/mol. The summed E-state index contributed by atoms with van der Waals surface area (Å²) in [5.41, 5.74) is -0.0716. The van der Waals surface area contributed by atoms with E-state index in [0.29, 0.717) is 4.47 Å². The molecule has 0 aliphatic rings. The maximum absolute atomic E-state index is 13.5. The average Bonchev–Trinajstić information content (AvgIpc) is 2.31. The van der Waals surface area contributed by atoms with Crippen LogP contribution in [0.25, 0.3) is 0 Å². The normalized spacial score (nSPS) is 11.8. The Bertz CT molecular complexity index is 520. The zero-order valence-electron chi connectivity index (χ0n) is 9.75. The minimum absolute atomic E-state index is 0.0139. The summed E-state index contributed by atoms with van der Waals surface area (Å²) in [6.45, 7) is 2.68. The summed E-state index contributed by atoms with van der Waals surface area (Å²) in [5.74, 6) is -2.44. The van der Waals surface area contributed by atoms with Crippen LogP contribution in [0, 0.1) is 5.82 Å². The van der Waals surface area contributed by atoms with Crippen LogP contribution in [0.4, 0.5) is 10.1 Å². The molecule has 0 aliphatic carbocycles. The van der Waals surface area contributed by atoms with Crippen molar-refractivity contribution in [2.45, 2.75) is 13.8 Å². The van der Waals surface area contributed by atoms with Crippen molar-refractivity contribution < 1.29 is 19.1 Å². The second kappa shape index (κ2) is 5.77. The van der Waals surface area contributed by atoms with Gasteiger partial charge in [-0.1, -0.05) is 6.07 Å². The number of rotatable bonds is 3. The highest BCUT2D eigenvalue weighted by molar-refractivity contribution is 9.10. The number of hydrogen-bond donors (Lipinski definition) is 2. The fourth-order valence-electron chi connectivity index (χ4n) is 1.16. The van der Waals surface area contributed by atoms with Crippen LogP contribution < -0.4 is 5.32 Å². The molecule has 0 bridgehead atoms. The summed E-state index contributed by atoms with van der Waals surface area (Å²) in [7, 11) is 0. The molecule has 0 fully saturated rings. The first-order valence-corrected chi connectivity index (χ1v) is 5.80. The van der Waals surface area contributed by atoms with Crippen LogP contribution in [0.1, 0.15) is 13.8 Å². The van der Waals surface area contributed by atoms with Crippen molar-refractivity contribution in [2.75, 3.05) is 5.32 Å². The third-order valence-electron chi connectivity index (χ3n) is 2.43. The Hall–Kier alpha value is -1.69. The van der Waals surface area contributed by atoms with E-state index in [4.69, 9.17) is 5.11 Å². The lowest BCUT2D eigenvalue weighted by Crippen LogP contribution is -2.17. The molecule has 4 nitrogen and oxygen atoms in total. The first-order valence-electron chi connectivity index (χ1n) is 5.00. The molecule has 0 aliphatic heterocycles. The average molecular weight is 316 g/mol. The van der Waals surface area contributed by atoms with Gasteiger partial charge in [0.15, 0.2) is 0 Å². The molecule has 0 unspecified atom stereocenters. The first-order chi connectivity index (χ1) is 8.34. The molecule has 0 saturated carbocycles. The number of carboxylic acid groups (broad SMARTS) is 1. The van der Waals surface area contributed by atoms with Crippen molar-refractivity contribution in [2.24, 2.45) is 0 Å². The number of halogens is 2. The van der Waals surface area contributed by atoms with Gasteiger partial charge in [0.1, 0.15) is 5.82 Å². The molecule has 0 atom stereocenters. The molecule has 96 valence electrons. The summed E-state index contributed by atoms with van der Waals surface area (Å²) in [6, 6.07) is 4.26. The van der Waals surface area contributed by atoms with E-state index in [0.717, 1.165) is 0 Å². The molecule has 1 aromatic carbocycles. The summed E-state index contributed by atoms with van der Waals surface area (Å²) >= 11 is 3.10. The third kappa shape index (κ3) is 3.16. The second-order valence-corrected chi connectivity index (χ2v) is 4.46. The van der Waals surface area contributed by atoms with E-state index >= 15 is 0 Å². The van der Waals surface area contributed by atoms with Gasteiger partial charge in [0.25, 0.3) is 5.91 Å². The molecular formula is C12H11BrFNO3. The van der Waals surface area contributed by atoms with E-state index in [9.17, 15) is 14.0 Å². The predicted octanol–water partition coefficient (Wildman–Crippen LogP) is 2.95. The van der Waals surface area contributed by atoms with Gasteiger partial charge >= 0.3 is 5.97 Å². The van der Waals surface area contributed by atoms with E-state index in [1.54, 1.807) is 6.07 Å². The molecule has 0 spiro atoms. The van der Waals surface area contributed by atoms with E-state index in [1.807, 2.05) is 0 Å². The van der Waals surface area contributed by atoms with Crippen LogP contribution in [0.5, 0.6) is 0 Å². The van der Waals surface area contributed by atoms with Gasteiger partial charge in [-0.15, -0.1) is 0 Å². The smallest absolute Gasteiger partial charge is 0.331 e. The molecule has 1 amide bonds. The highest BCUT2D eigenvalue weighted by atomic mass is 79.9. The van der Waals surface area contributed by atoms with Crippen LogP contribution in [-0.4, -0.2) is 17.0 Å². The maximum atomic E-state index is 13.5. The van der Waals surface area contributed by atoms with Crippen molar-refractivity contribution in [3.8, 4) is 0 Å². The second-order valence-electron chi connectivity index (χ2n) is 3.61. The number of carboxylic acids is 1. The number of anilines is 1. The van der Waals surface area contributed by atoms with Crippen LogP contribution >= 0.6 is 15.9 Å². The Morgan fingerprint density at radius 2 is 1.89 bits per heavy atom. The maximum Gasteiger partial charge on any atom is 0.331 e. The fourth-order valence-corrected chi connectivity index (χ4v) is 1.60. The van der Waals surface area contributed by atoms with Crippen LogP contribution in [0.15, 0.2) is 33.8 Å². The van der Waals surface area contributed by atoms with Gasteiger partial charge in [0.05, 0.1) is 5.69 Å². The lowest BCUT2D eigenvalue weighted by Gasteiger charge is -2.09. The number of aliphatic carboxylic acids is 1. The Kier molecular flexibility index (Phi) is 4.61. The van der Waals surface area contributed by atoms with Gasteiger partial charge in [-0.25, -0.2) is 9.18 Å². The highest BCUT2D eigenvalue weighted by Crippen LogP contribution is 2.25. The predicted molar refractivity (Wildman–Crippen MR) is 68.7 cm³/mol. The summed E-state index contributed by atoms with van der Waals surface area (Å²) < 4.78 is 13.8. The number of benzene rings is 1. The largest absolute Gasteiger partial charge is 0.478 e. The van der Waals surface area contributed by atoms with Crippen molar-refractivity contribution in [3.63, 3.8) is 0 Å². The Labute approximate surface area is 112 Å². The number of para-hydroxylation sites is 1. The quantitative estimate of drug-likeness (QED) is 0.843. The molecule has 0 radical (unpaired) electrons. The third-order valence-corrected chi connectivity index (χ3v) is 3.09. The van der Waals surface area contributed by atoms with E-state index in [2.05, 4.69) is 21.2 Å². The standard InChI is InChI=1S/C12H11BrFNO3/c1-6(7(2)12(17)18)11(16)15-10-8(13)4-3-5-9(10)14/h3-5H,1-2H3,(H,15,16)(H,17,18)/b7-6+. The Morgan fingerprint density at radius 3 is 2.39 bits per heavy atom. The van der Waals surface area contributed by atoms with Crippen molar-refractivity contribution in [3.05, 3.63) is 39.6 Å². The molecule has 18 heavy (non-hydrogen) atoms. The number of nitrogens with one attached hydrogen (secondary N) is 1. The summed E-state index contributed by atoms with van der Waals surface area (Å²) in [6.07, 6.45) is 0. The van der Waals surface area contributed by atoms with Crippen LogP contribution in [-0.2, 0) is 9.59 Å². The summed E-state index contributed by atoms with van der Waals surface area (Å²) in [4.78, 5) is 22.5. The minimum atomic E-state index is -1.18. The van der Waals surface area contributed by atoms with Gasteiger partial charge in [0.2, 0.25) is 0 Å². The van der Waals surface area contributed by atoms with E-state index in [-0.39, 0.29) is 16.8 Å². The zero-order valence-corrected chi connectivity index (χ0v) is 11.3. The molecule has 0 aromatic heterocycles. The lowest BCUT2D eigenvalue weighted by molar-refractivity contribution is -0.133.